The normalized spacial score (nSPS) is 26.4. The smallest absolute Gasteiger partial charge is 0.311 e. The monoisotopic (exact) mass is 260 g/mol. The first-order chi connectivity index (χ1) is 9.06. The molecule has 1 aliphatic rings. The van der Waals surface area contributed by atoms with Crippen LogP contribution in [0.2, 0.25) is 0 Å². The van der Waals surface area contributed by atoms with Crippen molar-refractivity contribution in [3.8, 4) is 6.07 Å². The first-order valence-corrected chi connectivity index (χ1v) is 6.29. The van der Waals surface area contributed by atoms with Crippen LogP contribution in [0.15, 0.2) is 12.3 Å². The lowest BCUT2D eigenvalue weighted by Gasteiger charge is -2.38. The molecule has 1 saturated carbocycles. The minimum absolute atomic E-state index is 0.215. The Morgan fingerprint density at radius 1 is 1.63 bits per heavy atom. The molecular formula is C13H16N4O2. The van der Waals surface area contributed by atoms with Crippen LogP contribution in [0.4, 0.5) is 5.95 Å². The number of carboxylic acid groups (broad SMARTS) is 1. The molecule has 2 N–H and O–H groups in total. The van der Waals surface area contributed by atoms with Gasteiger partial charge >= 0.3 is 5.97 Å². The van der Waals surface area contributed by atoms with Gasteiger partial charge in [-0.2, -0.15) is 5.26 Å². The third-order valence-corrected chi connectivity index (χ3v) is 3.77. The summed E-state index contributed by atoms with van der Waals surface area (Å²) in [7, 11) is 0. The number of anilines is 1. The quantitative estimate of drug-likeness (QED) is 0.859. The summed E-state index contributed by atoms with van der Waals surface area (Å²) in [6, 6.07) is 3.24. The van der Waals surface area contributed by atoms with Crippen molar-refractivity contribution in [3.05, 3.63) is 18.0 Å². The van der Waals surface area contributed by atoms with Crippen molar-refractivity contribution in [2.45, 2.75) is 38.6 Å². The highest BCUT2D eigenvalue weighted by atomic mass is 16.4. The van der Waals surface area contributed by atoms with Crippen molar-refractivity contribution >= 4 is 11.9 Å². The molecule has 2 rings (SSSR count). The predicted molar refractivity (Wildman–Crippen MR) is 68.4 cm³/mol. The molecule has 100 valence electrons. The molecule has 0 amide bonds. The molecule has 1 aromatic heterocycles. The van der Waals surface area contributed by atoms with Crippen LogP contribution < -0.4 is 5.32 Å². The number of carboxylic acids is 1. The van der Waals surface area contributed by atoms with Crippen LogP contribution >= 0.6 is 0 Å². The van der Waals surface area contributed by atoms with E-state index in [1.807, 2.05) is 6.07 Å². The van der Waals surface area contributed by atoms with Crippen molar-refractivity contribution in [2.75, 3.05) is 5.32 Å². The molecule has 0 radical (unpaired) electrons. The fourth-order valence-electron chi connectivity index (χ4n) is 2.47. The van der Waals surface area contributed by atoms with Gasteiger partial charge in [-0.1, -0.05) is 12.8 Å². The van der Waals surface area contributed by atoms with Gasteiger partial charge in [-0.05, 0) is 25.8 Å². The largest absolute Gasteiger partial charge is 0.481 e. The fraction of sp³-hybridized carbons (Fsp3) is 0.538. The Bertz CT molecular complexity index is 526. The number of hydrogen-bond acceptors (Lipinski definition) is 5. The van der Waals surface area contributed by atoms with E-state index >= 15 is 0 Å². The third kappa shape index (κ3) is 2.65. The number of rotatable bonds is 3. The molecule has 2 unspecified atom stereocenters. The second-order valence-corrected chi connectivity index (χ2v) is 5.04. The molecule has 1 heterocycles. The van der Waals surface area contributed by atoms with Gasteiger partial charge in [0.25, 0.3) is 0 Å². The molecule has 6 heteroatoms. The number of aliphatic carboxylic acids is 1. The van der Waals surface area contributed by atoms with Gasteiger partial charge in [0, 0.05) is 12.2 Å². The Morgan fingerprint density at radius 2 is 2.42 bits per heavy atom. The molecular weight excluding hydrogens is 244 g/mol. The zero-order valence-electron chi connectivity index (χ0n) is 10.8. The summed E-state index contributed by atoms with van der Waals surface area (Å²) in [6.45, 7) is 1.75. The number of nitriles is 1. The maximum Gasteiger partial charge on any atom is 0.311 e. The Labute approximate surface area is 111 Å². The van der Waals surface area contributed by atoms with Crippen molar-refractivity contribution in [1.82, 2.24) is 9.97 Å². The number of nitrogens with zero attached hydrogens (tertiary/aromatic N) is 3. The number of nitrogens with one attached hydrogen (secondary N) is 1. The van der Waals surface area contributed by atoms with E-state index in [2.05, 4.69) is 15.3 Å². The van der Waals surface area contributed by atoms with Gasteiger partial charge in [-0.25, -0.2) is 9.97 Å². The molecule has 0 saturated heterocycles. The number of hydrogen-bond donors (Lipinski definition) is 2. The summed E-state index contributed by atoms with van der Waals surface area (Å²) in [5, 5.41) is 21.3. The van der Waals surface area contributed by atoms with Crippen molar-refractivity contribution in [3.63, 3.8) is 0 Å². The highest BCUT2D eigenvalue weighted by molar-refractivity contribution is 5.76. The van der Waals surface area contributed by atoms with E-state index in [1.165, 1.54) is 12.3 Å². The lowest BCUT2D eigenvalue weighted by atomic mass is 9.72. The summed E-state index contributed by atoms with van der Waals surface area (Å²) < 4.78 is 0. The van der Waals surface area contributed by atoms with Gasteiger partial charge in [-0.15, -0.1) is 0 Å². The highest BCUT2D eigenvalue weighted by Crippen LogP contribution is 2.37. The fourth-order valence-corrected chi connectivity index (χ4v) is 2.47. The molecule has 19 heavy (non-hydrogen) atoms. The van der Waals surface area contributed by atoms with Crippen molar-refractivity contribution < 1.29 is 9.90 Å². The lowest BCUT2D eigenvalue weighted by Crippen LogP contribution is -2.46. The van der Waals surface area contributed by atoms with Crippen LogP contribution in [0.5, 0.6) is 0 Å². The van der Waals surface area contributed by atoms with Gasteiger partial charge in [0.05, 0.1) is 5.41 Å². The Kier molecular flexibility index (Phi) is 3.65. The molecule has 1 aliphatic carbocycles. The molecule has 0 aliphatic heterocycles. The molecule has 0 spiro atoms. The Hall–Kier alpha value is -2.16. The van der Waals surface area contributed by atoms with Crippen LogP contribution in [0.1, 0.15) is 38.3 Å². The highest BCUT2D eigenvalue weighted by Gasteiger charge is 2.43. The third-order valence-electron chi connectivity index (χ3n) is 3.77. The zero-order chi connectivity index (χ0) is 13.9. The minimum atomic E-state index is -0.815. The average Bonchev–Trinajstić information content (AvgIpc) is 2.41. The first kappa shape index (κ1) is 13.3. The molecule has 0 bridgehead atoms. The van der Waals surface area contributed by atoms with Crippen LogP contribution in [0, 0.1) is 16.7 Å². The molecule has 0 aromatic carbocycles. The van der Waals surface area contributed by atoms with E-state index in [1.54, 1.807) is 6.92 Å². The number of aromatic nitrogens is 2. The molecule has 1 aromatic rings. The maximum absolute atomic E-state index is 11.5. The van der Waals surface area contributed by atoms with Crippen LogP contribution in [0.25, 0.3) is 0 Å². The average molecular weight is 260 g/mol. The topological polar surface area (TPSA) is 98.9 Å². The van der Waals surface area contributed by atoms with Crippen LogP contribution in [0.3, 0.4) is 0 Å². The van der Waals surface area contributed by atoms with E-state index in [9.17, 15) is 9.90 Å². The minimum Gasteiger partial charge on any atom is -0.481 e. The van der Waals surface area contributed by atoms with E-state index in [0.717, 1.165) is 19.3 Å². The SMILES string of the molecule is CC1(C(=O)O)CCCCC1Nc1nccc(C#N)n1. The van der Waals surface area contributed by atoms with Gasteiger partial charge in [-0.3, -0.25) is 4.79 Å². The van der Waals surface area contributed by atoms with Gasteiger partial charge in [0.2, 0.25) is 5.95 Å². The first-order valence-electron chi connectivity index (χ1n) is 6.29. The van der Waals surface area contributed by atoms with Gasteiger partial charge in [0.15, 0.2) is 0 Å². The lowest BCUT2D eigenvalue weighted by molar-refractivity contribution is -0.150. The molecule has 2 atom stereocenters. The van der Waals surface area contributed by atoms with E-state index in [-0.39, 0.29) is 11.7 Å². The van der Waals surface area contributed by atoms with Crippen molar-refractivity contribution in [2.24, 2.45) is 5.41 Å². The predicted octanol–water partition coefficient (Wildman–Crippen LogP) is 1.79. The van der Waals surface area contributed by atoms with E-state index in [4.69, 9.17) is 5.26 Å². The van der Waals surface area contributed by atoms with Gasteiger partial charge in [0.1, 0.15) is 11.8 Å². The van der Waals surface area contributed by atoms with E-state index in [0.29, 0.717) is 12.4 Å². The maximum atomic E-state index is 11.5. The summed E-state index contributed by atoms with van der Waals surface area (Å²) >= 11 is 0. The van der Waals surface area contributed by atoms with Crippen LogP contribution in [-0.4, -0.2) is 27.1 Å². The second-order valence-electron chi connectivity index (χ2n) is 5.04. The van der Waals surface area contributed by atoms with E-state index < -0.39 is 11.4 Å². The van der Waals surface area contributed by atoms with Crippen molar-refractivity contribution in [1.29, 1.82) is 5.26 Å². The summed E-state index contributed by atoms with van der Waals surface area (Å²) in [4.78, 5) is 19.5. The summed E-state index contributed by atoms with van der Waals surface area (Å²) in [5.74, 6) is -0.487. The zero-order valence-corrected chi connectivity index (χ0v) is 10.8. The summed E-state index contributed by atoms with van der Waals surface area (Å²) in [5.41, 5.74) is -0.546. The van der Waals surface area contributed by atoms with Crippen LogP contribution in [-0.2, 0) is 4.79 Å². The van der Waals surface area contributed by atoms with Gasteiger partial charge < -0.3 is 10.4 Å². The Balaban J connectivity index is 2.20. The standard InChI is InChI=1S/C13H16N4O2/c1-13(11(18)19)6-3-2-4-10(13)17-12-15-7-5-9(8-14)16-12/h5,7,10H,2-4,6H2,1H3,(H,18,19)(H,15,16,17). The Morgan fingerprint density at radius 3 is 3.11 bits per heavy atom. The molecule has 6 nitrogen and oxygen atoms in total. The molecule has 1 fully saturated rings. The second kappa shape index (κ2) is 5.22. The number of carbonyl (C=O) groups is 1. The summed E-state index contributed by atoms with van der Waals surface area (Å²) in [6.07, 6.45) is 4.80.